The van der Waals surface area contributed by atoms with Crippen molar-refractivity contribution in [2.45, 2.75) is 14.8 Å². The Morgan fingerprint density at radius 3 is 2.40 bits per heavy atom. The van der Waals surface area contributed by atoms with Gasteiger partial charge in [0.15, 0.2) is 0 Å². The largest absolute Gasteiger partial charge is 0.306 e. The van der Waals surface area contributed by atoms with Crippen LogP contribution >= 0.6 is 35.3 Å². The Bertz CT molecular complexity index is 438. The Morgan fingerprint density at radius 1 is 1.07 bits per heavy atom. The van der Waals surface area contributed by atoms with E-state index in [-0.39, 0.29) is 0 Å². The summed E-state index contributed by atoms with van der Waals surface area (Å²) in [5.41, 5.74) is 1.21. The number of thioether (sulfide) groups is 3. The van der Waals surface area contributed by atoms with Crippen LogP contribution in [0.15, 0.2) is 33.4 Å². The number of rotatable bonds is 3. The van der Waals surface area contributed by atoms with Crippen molar-refractivity contribution in [3.8, 4) is 0 Å². The molecule has 2 rings (SSSR count). The smallest absolute Gasteiger partial charge is 0.0942 e. The molecule has 0 aliphatic heterocycles. The fourth-order valence-electron chi connectivity index (χ4n) is 1.60. The van der Waals surface area contributed by atoms with Gasteiger partial charge in [0.25, 0.3) is 0 Å². The van der Waals surface area contributed by atoms with Crippen LogP contribution in [0.5, 0.6) is 0 Å². The summed E-state index contributed by atoms with van der Waals surface area (Å²) in [7, 11) is 0. The molecule has 0 bridgehead atoms. The Labute approximate surface area is 102 Å². The lowest BCUT2D eigenvalue weighted by Crippen LogP contribution is -1.85. The molecule has 2 heterocycles. The molecule has 0 N–H and O–H groups in total. The minimum Gasteiger partial charge on any atom is -0.306 e. The molecule has 0 unspecified atom stereocenters. The zero-order valence-corrected chi connectivity index (χ0v) is 11.3. The molecule has 0 amide bonds. The van der Waals surface area contributed by atoms with Crippen LogP contribution in [-0.4, -0.2) is 28.2 Å². The van der Waals surface area contributed by atoms with E-state index in [2.05, 4.69) is 28.2 Å². The molecule has 0 fully saturated rings. The number of fused-ring (bicyclic) bond motifs is 1. The summed E-state index contributed by atoms with van der Waals surface area (Å²) < 4.78 is 2.22. The molecule has 0 aromatic carbocycles. The maximum absolute atomic E-state index is 4.19. The molecule has 2 aromatic heterocycles. The average molecular weight is 256 g/mol. The maximum Gasteiger partial charge on any atom is 0.0942 e. The third-order valence-electron chi connectivity index (χ3n) is 2.21. The lowest BCUT2D eigenvalue weighted by molar-refractivity contribution is 0.984. The highest BCUT2D eigenvalue weighted by Crippen LogP contribution is 2.40. The predicted octanol–water partition coefficient (Wildman–Crippen LogP) is 3.50. The van der Waals surface area contributed by atoms with Crippen LogP contribution in [0.3, 0.4) is 0 Å². The summed E-state index contributed by atoms with van der Waals surface area (Å²) >= 11 is 5.38. The van der Waals surface area contributed by atoms with Gasteiger partial charge in [-0.25, -0.2) is 0 Å². The van der Waals surface area contributed by atoms with Gasteiger partial charge in [-0.1, -0.05) is 0 Å². The Kier molecular flexibility index (Phi) is 3.53. The molecule has 0 saturated heterocycles. The van der Waals surface area contributed by atoms with E-state index in [4.69, 9.17) is 0 Å². The molecule has 0 aliphatic rings. The fourth-order valence-corrected chi connectivity index (χ4v) is 4.51. The standard InChI is InChI=1S/C10H12N2S3/c1-13-8-7-6-11-4-5-12(7)10(15-3)9(8)14-2/h4-6H,1-3H3. The second-order valence-corrected chi connectivity index (χ2v) is 5.34. The minimum atomic E-state index is 1.21. The van der Waals surface area contributed by atoms with E-state index < -0.39 is 0 Å². The van der Waals surface area contributed by atoms with Crippen LogP contribution in [0.2, 0.25) is 0 Å². The summed E-state index contributed by atoms with van der Waals surface area (Å²) in [5.74, 6) is 0. The van der Waals surface area contributed by atoms with E-state index >= 15 is 0 Å². The molecule has 2 aromatic rings. The van der Waals surface area contributed by atoms with Crippen LogP contribution in [-0.2, 0) is 0 Å². The second-order valence-electron chi connectivity index (χ2n) is 2.91. The molecular weight excluding hydrogens is 244 g/mol. The van der Waals surface area contributed by atoms with Gasteiger partial charge in [0.05, 0.1) is 21.6 Å². The van der Waals surface area contributed by atoms with Crippen LogP contribution in [0.25, 0.3) is 5.52 Å². The van der Waals surface area contributed by atoms with Gasteiger partial charge in [-0.05, 0) is 18.8 Å². The van der Waals surface area contributed by atoms with Crippen molar-refractivity contribution in [1.29, 1.82) is 0 Å². The molecule has 5 heteroatoms. The molecule has 0 aliphatic carbocycles. The van der Waals surface area contributed by atoms with E-state index in [1.54, 1.807) is 35.3 Å². The molecule has 0 radical (unpaired) electrons. The third kappa shape index (κ3) is 1.77. The second kappa shape index (κ2) is 4.72. The summed E-state index contributed by atoms with van der Waals surface area (Å²) in [5, 5.41) is 1.31. The fraction of sp³-hybridized carbons (Fsp3) is 0.300. The van der Waals surface area contributed by atoms with Crippen molar-refractivity contribution in [3.63, 3.8) is 0 Å². The van der Waals surface area contributed by atoms with Gasteiger partial charge >= 0.3 is 0 Å². The zero-order valence-electron chi connectivity index (χ0n) is 8.85. The lowest BCUT2D eigenvalue weighted by atomic mass is 10.5. The highest BCUT2D eigenvalue weighted by atomic mass is 32.2. The molecule has 15 heavy (non-hydrogen) atoms. The Hall–Kier alpha value is -0.260. The molecular formula is C10H12N2S3. The van der Waals surface area contributed by atoms with Crippen molar-refractivity contribution in [3.05, 3.63) is 18.6 Å². The van der Waals surface area contributed by atoms with Crippen molar-refractivity contribution in [2.24, 2.45) is 0 Å². The first-order valence-corrected chi connectivity index (χ1v) is 8.11. The van der Waals surface area contributed by atoms with E-state index in [1.807, 2.05) is 18.6 Å². The van der Waals surface area contributed by atoms with E-state index in [1.165, 1.54) is 20.3 Å². The minimum absolute atomic E-state index is 1.21. The molecule has 0 saturated carbocycles. The Morgan fingerprint density at radius 2 is 1.80 bits per heavy atom. The van der Waals surface area contributed by atoms with Gasteiger partial charge < -0.3 is 4.40 Å². The third-order valence-corrected chi connectivity index (χ3v) is 4.88. The summed E-state index contributed by atoms with van der Waals surface area (Å²) in [4.78, 5) is 6.89. The molecule has 80 valence electrons. The average Bonchev–Trinajstić information content (AvgIpc) is 2.61. The predicted molar refractivity (Wildman–Crippen MR) is 70.5 cm³/mol. The van der Waals surface area contributed by atoms with Crippen LogP contribution in [0.4, 0.5) is 0 Å². The normalized spacial score (nSPS) is 11.1. The summed E-state index contributed by atoms with van der Waals surface area (Å²) in [6.45, 7) is 0. The topological polar surface area (TPSA) is 17.3 Å². The van der Waals surface area contributed by atoms with Crippen molar-refractivity contribution in [1.82, 2.24) is 9.38 Å². The van der Waals surface area contributed by atoms with Gasteiger partial charge in [-0.2, -0.15) is 0 Å². The van der Waals surface area contributed by atoms with Crippen molar-refractivity contribution in [2.75, 3.05) is 18.8 Å². The van der Waals surface area contributed by atoms with Gasteiger partial charge in [-0.15, -0.1) is 35.3 Å². The first-order chi connectivity index (χ1) is 7.33. The molecule has 2 nitrogen and oxygen atoms in total. The van der Waals surface area contributed by atoms with E-state index in [0.717, 1.165) is 0 Å². The van der Waals surface area contributed by atoms with Gasteiger partial charge in [0.2, 0.25) is 0 Å². The molecule has 0 spiro atoms. The van der Waals surface area contributed by atoms with Gasteiger partial charge in [0, 0.05) is 17.3 Å². The first kappa shape index (κ1) is 11.2. The van der Waals surface area contributed by atoms with Crippen molar-refractivity contribution >= 4 is 40.8 Å². The van der Waals surface area contributed by atoms with Crippen LogP contribution in [0, 0.1) is 0 Å². The maximum atomic E-state index is 4.19. The zero-order chi connectivity index (χ0) is 10.8. The first-order valence-electron chi connectivity index (χ1n) is 4.43. The number of hydrogen-bond donors (Lipinski definition) is 0. The highest BCUT2D eigenvalue weighted by Gasteiger charge is 2.15. The molecule has 0 atom stereocenters. The van der Waals surface area contributed by atoms with E-state index in [9.17, 15) is 0 Å². The summed E-state index contributed by atoms with van der Waals surface area (Å²) in [6.07, 6.45) is 12.2. The quantitative estimate of drug-likeness (QED) is 0.782. The van der Waals surface area contributed by atoms with Crippen LogP contribution < -0.4 is 0 Å². The van der Waals surface area contributed by atoms with Gasteiger partial charge in [0.1, 0.15) is 0 Å². The number of hydrogen-bond acceptors (Lipinski definition) is 4. The van der Waals surface area contributed by atoms with Crippen molar-refractivity contribution < 1.29 is 0 Å². The van der Waals surface area contributed by atoms with Gasteiger partial charge in [-0.3, -0.25) is 4.98 Å². The monoisotopic (exact) mass is 256 g/mol. The number of aromatic nitrogens is 2. The SMILES string of the molecule is CSc1c(SC)c2cnccn2c1SC. The number of nitrogens with zero attached hydrogens (tertiary/aromatic N) is 2. The summed E-state index contributed by atoms with van der Waals surface area (Å²) in [6, 6.07) is 0. The van der Waals surface area contributed by atoms with E-state index in [0.29, 0.717) is 0 Å². The highest BCUT2D eigenvalue weighted by molar-refractivity contribution is 8.03. The van der Waals surface area contributed by atoms with Crippen LogP contribution in [0.1, 0.15) is 0 Å². The Balaban J connectivity index is 2.82. The lowest BCUT2D eigenvalue weighted by Gasteiger charge is -1.99.